The van der Waals surface area contributed by atoms with Crippen molar-refractivity contribution in [3.8, 4) is 0 Å². The van der Waals surface area contributed by atoms with Crippen LogP contribution in [0.1, 0.15) is 50.5 Å². The maximum atomic E-state index is 6.08. The topological polar surface area (TPSA) is 56.9 Å². The Labute approximate surface area is 164 Å². The first kappa shape index (κ1) is 18.6. The molecule has 1 aliphatic heterocycles. The molecular weight excluding hydrogens is 334 g/mol. The predicted molar refractivity (Wildman–Crippen MR) is 113 cm³/mol. The summed E-state index contributed by atoms with van der Waals surface area (Å²) in [5, 5.41) is 3.39. The van der Waals surface area contributed by atoms with Gasteiger partial charge in [0.2, 0.25) is 0 Å². The zero-order valence-electron chi connectivity index (χ0n) is 16.6. The zero-order chi connectivity index (χ0) is 18.5. The molecule has 5 nitrogen and oxygen atoms in total. The minimum absolute atomic E-state index is 0.517. The summed E-state index contributed by atoms with van der Waals surface area (Å²) in [6.45, 7) is 6.66. The number of nitrogens with two attached hydrogens (primary N) is 1. The van der Waals surface area contributed by atoms with Crippen molar-refractivity contribution in [2.75, 3.05) is 37.6 Å². The second-order valence-electron chi connectivity index (χ2n) is 8.58. The number of hydrogen-bond acceptors (Lipinski definition) is 3. The molecule has 3 N–H and O–H groups in total. The number of aliphatic imine (C=N–C) groups is 1. The third-order valence-corrected chi connectivity index (χ3v) is 6.28. The van der Waals surface area contributed by atoms with E-state index in [1.807, 2.05) is 0 Å². The molecule has 1 aromatic rings. The van der Waals surface area contributed by atoms with Crippen molar-refractivity contribution in [1.82, 2.24) is 10.2 Å². The molecule has 0 spiro atoms. The van der Waals surface area contributed by atoms with E-state index in [2.05, 4.69) is 44.4 Å². The zero-order valence-corrected chi connectivity index (χ0v) is 16.6. The van der Waals surface area contributed by atoms with Gasteiger partial charge < -0.3 is 16.0 Å². The molecule has 2 saturated carbocycles. The molecule has 2 aliphatic carbocycles. The van der Waals surface area contributed by atoms with E-state index in [0.717, 1.165) is 19.0 Å². The van der Waals surface area contributed by atoms with E-state index in [4.69, 9.17) is 5.73 Å². The summed E-state index contributed by atoms with van der Waals surface area (Å²) in [5.74, 6) is 1.59. The molecule has 4 rings (SSSR count). The van der Waals surface area contributed by atoms with E-state index >= 15 is 0 Å². The number of piperazine rings is 1. The van der Waals surface area contributed by atoms with Gasteiger partial charge in [0.25, 0.3) is 0 Å². The second-order valence-corrected chi connectivity index (χ2v) is 8.58. The van der Waals surface area contributed by atoms with Gasteiger partial charge in [-0.2, -0.15) is 0 Å². The third kappa shape index (κ3) is 5.61. The summed E-state index contributed by atoms with van der Waals surface area (Å²) in [6.07, 6.45) is 9.31. The van der Waals surface area contributed by atoms with Crippen molar-refractivity contribution in [3.05, 3.63) is 29.8 Å². The average molecular weight is 370 g/mol. The van der Waals surface area contributed by atoms with Gasteiger partial charge in [-0.05, 0) is 49.3 Å². The van der Waals surface area contributed by atoms with E-state index < -0.39 is 0 Å². The van der Waals surface area contributed by atoms with Crippen LogP contribution in [0.15, 0.2) is 29.3 Å². The first-order valence-electron chi connectivity index (χ1n) is 10.9. The van der Waals surface area contributed by atoms with Crippen LogP contribution >= 0.6 is 0 Å². The molecule has 3 fully saturated rings. The molecule has 1 heterocycles. The summed E-state index contributed by atoms with van der Waals surface area (Å²) >= 11 is 0. The van der Waals surface area contributed by atoms with E-state index in [0.29, 0.717) is 18.5 Å². The van der Waals surface area contributed by atoms with Gasteiger partial charge in [-0.15, -0.1) is 0 Å². The Morgan fingerprint density at radius 3 is 2.33 bits per heavy atom. The molecule has 0 unspecified atom stereocenters. The Hall–Kier alpha value is -1.75. The van der Waals surface area contributed by atoms with Crippen molar-refractivity contribution < 1.29 is 0 Å². The van der Waals surface area contributed by atoms with Crippen LogP contribution in [0.3, 0.4) is 0 Å². The van der Waals surface area contributed by atoms with Crippen LogP contribution in [0.4, 0.5) is 5.69 Å². The van der Waals surface area contributed by atoms with Crippen LogP contribution in [0.5, 0.6) is 0 Å². The molecule has 3 aliphatic rings. The van der Waals surface area contributed by atoms with Crippen LogP contribution in [-0.2, 0) is 6.54 Å². The monoisotopic (exact) mass is 369 g/mol. The molecule has 0 radical (unpaired) electrons. The normalized spacial score (nSPS) is 22.8. The fourth-order valence-electron chi connectivity index (χ4n) is 4.34. The van der Waals surface area contributed by atoms with E-state index in [1.54, 1.807) is 0 Å². The number of anilines is 1. The lowest BCUT2D eigenvalue weighted by atomic mass is 9.96. The summed E-state index contributed by atoms with van der Waals surface area (Å²) in [6, 6.07) is 9.40. The van der Waals surface area contributed by atoms with E-state index in [-0.39, 0.29) is 0 Å². The highest BCUT2D eigenvalue weighted by molar-refractivity contribution is 5.78. The molecule has 148 valence electrons. The highest BCUT2D eigenvalue weighted by atomic mass is 15.3. The summed E-state index contributed by atoms with van der Waals surface area (Å²) in [5.41, 5.74) is 8.63. The third-order valence-electron chi connectivity index (χ3n) is 6.28. The Kier molecular flexibility index (Phi) is 6.17. The molecule has 1 saturated heterocycles. The first-order valence-corrected chi connectivity index (χ1v) is 10.9. The maximum Gasteiger partial charge on any atom is 0.189 e. The Balaban J connectivity index is 1.23. The minimum atomic E-state index is 0.517. The van der Waals surface area contributed by atoms with Crippen molar-refractivity contribution in [3.63, 3.8) is 0 Å². The number of benzene rings is 1. The van der Waals surface area contributed by atoms with Crippen molar-refractivity contribution in [2.45, 2.75) is 57.5 Å². The molecule has 0 amide bonds. The van der Waals surface area contributed by atoms with Gasteiger partial charge in [-0.1, -0.05) is 31.4 Å². The van der Waals surface area contributed by atoms with Gasteiger partial charge in [0, 0.05) is 44.5 Å². The van der Waals surface area contributed by atoms with Crippen LogP contribution < -0.4 is 16.0 Å². The van der Waals surface area contributed by atoms with Gasteiger partial charge in [-0.25, -0.2) is 4.99 Å². The fraction of sp³-hybridized carbons (Fsp3) is 0.682. The van der Waals surface area contributed by atoms with Crippen LogP contribution in [-0.4, -0.2) is 49.6 Å². The predicted octanol–water partition coefficient (Wildman–Crippen LogP) is 2.96. The molecule has 0 bridgehead atoms. The summed E-state index contributed by atoms with van der Waals surface area (Å²) < 4.78 is 0. The highest BCUT2D eigenvalue weighted by Gasteiger charge is 2.26. The van der Waals surface area contributed by atoms with Crippen molar-refractivity contribution in [2.24, 2.45) is 16.6 Å². The van der Waals surface area contributed by atoms with Crippen LogP contribution in [0.2, 0.25) is 0 Å². The fourth-order valence-corrected chi connectivity index (χ4v) is 4.34. The smallest absolute Gasteiger partial charge is 0.189 e. The SMILES string of the molecule is NC(=NCc1ccc(N2CCN(CC3CC3)CC2)cc1)NC1CCCCC1. The molecular formula is C22H35N5. The van der Waals surface area contributed by atoms with Crippen LogP contribution in [0.25, 0.3) is 0 Å². The van der Waals surface area contributed by atoms with Gasteiger partial charge >= 0.3 is 0 Å². The Morgan fingerprint density at radius 2 is 1.67 bits per heavy atom. The number of nitrogens with one attached hydrogen (secondary N) is 1. The van der Waals surface area contributed by atoms with Gasteiger partial charge in [0.05, 0.1) is 6.54 Å². The Bertz CT molecular complexity index is 608. The number of hydrogen-bond donors (Lipinski definition) is 2. The highest BCUT2D eigenvalue weighted by Crippen LogP contribution is 2.30. The van der Waals surface area contributed by atoms with E-state index in [1.165, 1.54) is 75.8 Å². The van der Waals surface area contributed by atoms with Crippen LogP contribution in [0, 0.1) is 5.92 Å². The number of nitrogens with zero attached hydrogens (tertiary/aromatic N) is 3. The Morgan fingerprint density at radius 1 is 0.963 bits per heavy atom. The standard InChI is InChI=1S/C22H35N5/c23-22(25-20-4-2-1-3-5-20)24-16-18-8-10-21(11-9-18)27-14-12-26(13-15-27)17-19-6-7-19/h8-11,19-20H,1-7,12-17H2,(H3,23,24,25). The van der Waals surface area contributed by atoms with Gasteiger partial charge in [-0.3, -0.25) is 4.90 Å². The number of guanidine groups is 1. The quantitative estimate of drug-likeness (QED) is 0.598. The molecule has 0 atom stereocenters. The first-order chi connectivity index (χ1) is 13.3. The summed E-state index contributed by atoms with van der Waals surface area (Å²) in [4.78, 5) is 9.68. The second kappa shape index (κ2) is 8.96. The lowest BCUT2D eigenvalue weighted by Crippen LogP contribution is -2.47. The van der Waals surface area contributed by atoms with Crippen molar-refractivity contribution in [1.29, 1.82) is 0 Å². The lowest BCUT2D eigenvalue weighted by molar-refractivity contribution is 0.248. The molecule has 1 aromatic carbocycles. The largest absolute Gasteiger partial charge is 0.370 e. The van der Waals surface area contributed by atoms with Gasteiger partial charge in [0.15, 0.2) is 5.96 Å². The molecule has 0 aromatic heterocycles. The summed E-state index contributed by atoms with van der Waals surface area (Å²) in [7, 11) is 0. The van der Waals surface area contributed by atoms with Crippen molar-refractivity contribution >= 4 is 11.6 Å². The minimum Gasteiger partial charge on any atom is -0.370 e. The van der Waals surface area contributed by atoms with Gasteiger partial charge in [0.1, 0.15) is 0 Å². The maximum absolute atomic E-state index is 6.08. The number of rotatable bonds is 6. The average Bonchev–Trinajstić information content (AvgIpc) is 3.52. The van der Waals surface area contributed by atoms with E-state index in [9.17, 15) is 0 Å². The lowest BCUT2D eigenvalue weighted by Gasteiger charge is -2.36. The molecule has 27 heavy (non-hydrogen) atoms. The molecule has 5 heteroatoms.